The second-order valence-corrected chi connectivity index (χ2v) is 1.96. The third-order valence-electron chi connectivity index (χ3n) is 0. The SMILES string of the molecule is O=S(=O)([O-])[O-].[Fe+2].[O]=[Pb]=[O]. The van der Waals surface area contributed by atoms with Crippen molar-refractivity contribution in [2.75, 3.05) is 0 Å². The minimum absolute atomic E-state index is 0. The van der Waals surface area contributed by atoms with Crippen molar-refractivity contribution in [1.82, 2.24) is 0 Å². The van der Waals surface area contributed by atoms with E-state index in [4.69, 9.17) is 22.9 Å². The van der Waals surface area contributed by atoms with Crippen LogP contribution in [0.3, 0.4) is 0 Å². The van der Waals surface area contributed by atoms with Crippen molar-refractivity contribution < 1.29 is 40.0 Å². The number of hydrogen-bond acceptors (Lipinski definition) is 6. The quantitative estimate of drug-likeness (QED) is 0.269. The number of hydrogen-bond donors (Lipinski definition) is 0. The Morgan fingerprint density at radius 2 is 1.11 bits per heavy atom. The van der Waals surface area contributed by atoms with Gasteiger partial charge in [0.25, 0.3) is 0 Å². The first kappa shape index (κ1) is 16.5. The maximum absolute atomic E-state index is 8.57. The van der Waals surface area contributed by atoms with Crippen molar-refractivity contribution in [3.8, 4) is 0 Å². The van der Waals surface area contributed by atoms with E-state index in [1.807, 2.05) is 0 Å². The fourth-order valence-electron chi connectivity index (χ4n) is 0. The minimum atomic E-state index is -5.17. The molecule has 0 aromatic carbocycles. The molecule has 0 atom stereocenters. The van der Waals surface area contributed by atoms with Crippen LogP contribution in [0, 0.1) is 0 Å². The standard InChI is InChI=1S/Fe.H2O4S.2O.Pb/c;1-5(2,3)4;;;/h;(H2,1,2,3,4);;;/q+2;;;;/p-2. The van der Waals surface area contributed by atoms with Crippen molar-refractivity contribution in [1.29, 1.82) is 0 Å². The van der Waals surface area contributed by atoms with Crippen molar-refractivity contribution in [3.05, 3.63) is 0 Å². The van der Waals surface area contributed by atoms with Gasteiger partial charge in [-0.2, -0.15) is 0 Å². The third-order valence-corrected chi connectivity index (χ3v) is 0. The van der Waals surface area contributed by atoms with E-state index in [0.717, 1.165) is 0 Å². The molecule has 0 unspecified atom stereocenters. The molecule has 9 heteroatoms. The van der Waals surface area contributed by atoms with Crippen LogP contribution in [0.4, 0.5) is 0 Å². The monoisotopic (exact) mass is 392 g/mol. The summed E-state index contributed by atoms with van der Waals surface area (Å²) in [4.78, 5) is 0. The predicted octanol–water partition coefficient (Wildman–Crippen LogP) is -1.96. The summed E-state index contributed by atoms with van der Waals surface area (Å²) in [5, 5.41) is 0. The third kappa shape index (κ3) is 512. The van der Waals surface area contributed by atoms with Gasteiger partial charge in [0.15, 0.2) is 0 Å². The van der Waals surface area contributed by atoms with Crippen LogP contribution in [0.2, 0.25) is 0 Å². The van der Waals surface area contributed by atoms with E-state index in [2.05, 4.69) is 0 Å². The Kier molecular flexibility index (Phi) is 16.3. The summed E-state index contributed by atoms with van der Waals surface area (Å²) < 4.78 is 51.2. The van der Waals surface area contributed by atoms with Crippen LogP contribution in [0.25, 0.3) is 0 Å². The molecule has 0 aliphatic carbocycles. The molecule has 0 bridgehead atoms. The first-order chi connectivity index (χ1) is 3.41. The average Bonchev–Trinajstić information content (AvgIpc) is 1.27. The summed E-state index contributed by atoms with van der Waals surface area (Å²) in [6.07, 6.45) is 0. The first-order valence-electron chi connectivity index (χ1n) is 1.07. The van der Waals surface area contributed by atoms with Gasteiger partial charge in [-0.1, -0.05) is 0 Å². The van der Waals surface area contributed by atoms with Crippen LogP contribution in [0.1, 0.15) is 0 Å². The zero-order chi connectivity index (χ0) is 7.21. The molecule has 6 nitrogen and oxygen atoms in total. The Hall–Kier alpha value is 0.912. The molecule has 9 heavy (non-hydrogen) atoms. The molecule has 0 saturated carbocycles. The summed E-state index contributed by atoms with van der Waals surface area (Å²) in [7, 11) is -5.17. The molecule has 0 aromatic heterocycles. The summed E-state index contributed by atoms with van der Waals surface area (Å²) in [6, 6.07) is 0. The Labute approximate surface area is 74.2 Å². The van der Waals surface area contributed by atoms with E-state index in [9.17, 15) is 0 Å². The molecule has 0 radical (unpaired) electrons. The molecule has 0 saturated heterocycles. The summed E-state index contributed by atoms with van der Waals surface area (Å²) >= 11 is -2.42. The molecule has 0 spiro atoms. The van der Waals surface area contributed by atoms with E-state index in [1.54, 1.807) is 0 Å². The van der Waals surface area contributed by atoms with Crippen LogP contribution < -0.4 is 0 Å². The molecular formula is FeO6PbS. The van der Waals surface area contributed by atoms with Gasteiger partial charge in [0.1, 0.15) is 0 Å². The zero-order valence-electron chi connectivity index (χ0n) is 3.71. The molecular weight excluding hydrogens is 391 g/mol. The van der Waals surface area contributed by atoms with Gasteiger partial charge in [-0.25, -0.2) is 0 Å². The molecule has 0 fully saturated rings. The van der Waals surface area contributed by atoms with Crippen LogP contribution >= 0.6 is 0 Å². The van der Waals surface area contributed by atoms with Gasteiger partial charge in [0, 0.05) is 10.4 Å². The Balaban J connectivity index is -0.0000000800. The van der Waals surface area contributed by atoms with E-state index in [-0.39, 0.29) is 17.1 Å². The van der Waals surface area contributed by atoms with Crippen LogP contribution in [0.5, 0.6) is 0 Å². The Morgan fingerprint density at radius 1 is 1.11 bits per heavy atom. The molecule has 0 N–H and O–H groups in total. The van der Waals surface area contributed by atoms with Crippen molar-refractivity contribution >= 4 is 34.7 Å². The van der Waals surface area contributed by atoms with Gasteiger partial charge < -0.3 is 9.11 Å². The van der Waals surface area contributed by atoms with E-state index in [1.165, 1.54) is 0 Å². The summed E-state index contributed by atoms with van der Waals surface area (Å²) in [5.74, 6) is 0. The molecule has 0 rings (SSSR count). The molecule has 0 amide bonds. The van der Waals surface area contributed by atoms with Gasteiger partial charge in [-0.05, 0) is 0 Å². The van der Waals surface area contributed by atoms with Crippen LogP contribution in [0.15, 0.2) is 0 Å². The summed E-state index contributed by atoms with van der Waals surface area (Å²) in [6.45, 7) is 0. The Morgan fingerprint density at radius 3 is 1.11 bits per heavy atom. The van der Waals surface area contributed by atoms with Gasteiger partial charge in [0.05, 0.1) is 0 Å². The molecule has 0 aromatic rings. The van der Waals surface area contributed by atoms with Crippen LogP contribution in [-0.2, 0) is 32.8 Å². The van der Waals surface area contributed by atoms with Gasteiger partial charge >= 0.3 is 46.7 Å². The van der Waals surface area contributed by atoms with Crippen molar-refractivity contribution in [2.45, 2.75) is 0 Å². The maximum atomic E-state index is 8.57. The topological polar surface area (TPSA) is 114 Å². The first-order valence-corrected chi connectivity index (χ1v) is 5.58. The van der Waals surface area contributed by atoms with E-state index < -0.39 is 34.7 Å². The van der Waals surface area contributed by atoms with E-state index >= 15 is 0 Å². The Bertz CT molecular complexity index is 153. The normalized spacial score (nSPS) is 7.33. The number of rotatable bonds is 0. The second kappa shape index (κ2) is 8.91. The van der Waals surface area contributed by atoms with E-state index in [0.29, 0.717) is 0 Å². The van der Waals surface area contributed by atoms with Crippen LogP contribution in [-0.4, -0.2) is 41.8 Å². The predicted molar refractivity (Wildman–Crippen MR) is 17.6 cm³/mol. The zero-order valence-corrected chi connectivity index (χ0v) is 9.52. The molecule has 0 aliphatic heterocycles. The average molecular weight is 391 g/mol. The fraction of sp³-hybridized carbons (Fsp3) is 0. The second-order valence-electron chi connectivity index (χ2n) is 0.492. The molecule has 0 heterocycles. The van der Waals surface area contributed by atoms with Crippen molar-refractivity contribution in [3.63, 3.8) is 0 Å². The molecule has 54 valence electrons. The fourth-order valence-corrected chi connectivity index (χ4v) is 0. The van der Waals surface area contributed by atoms with Crippen molar-refractivity contribution in [2.24, 2.45) is 0 Å². The van der Waals surface area contributed by atoms with Gasteiger partial charge in [0.2, 0.25) is 0 Å². The molecule has 0 aliphatic rings. The van der Waals surface area contributed by atoms with Gasteiger partial charge in [-0.15, -0.1) is 0 Å². The van der Waals surface area contributed by atoms with Gasteiger partial charge in [-0.3, -0.25) is 8.42 Å². The summed E-state index contributed by atoms with van der Waals surface area (Å²) in [5.41, 5.74) is 0.